The third-order valence-electron chi connectivity index (χ3n) is 3.52. The first kappa shape index (κ1) is 15.6. The van der Waals surface area contributed by atoms with Crippen molar-refractivity contribution >= 4 is 17.5 Å². The third kappa shape index (κ3) is 3.65. The highest BCUT2D eigenvalue weighted by Gasteiger charge is 2.18. The number of aryl methyl sites for hydroxylation is 1. The molecule has 0 fully saturated rings. The maximum absolute atomic E-state index is 12.2. The molecule has 0 saturated carbocycles. The standard InChI is InChI=1S/C16H20ClN3O/c1-19(2)15(12-7-4-5-8-13(12)17)11-18-16(21)14-9-6-10-20(14)3/h4-10,15H,11H2,1-3H3,(H,18,21)/t15-/m0/s1. The largest absolute Gasteiger partial charge is 0.349 e. The molecule has 0 unspecified atom stereocenters. The molecule has 0 bridgehead atoms. The molecular formula is C16H20ClN3O. The number of carbonyl (C=O) groups excluding carboxylic acids is 1. The van der Waals surface area contributed by atoms with Gasteiger partial charge in [-0.25, -0.2) is 0 Å². The molecule has 0 radical (unpaired) electrons. The summed E-state index contributed by atoms with van der Waals surface area (Å²) in [6.45, 7) is 0.501. The topological polar surface area (TPSA) is 37.3 Å². The van der Waals surface area contributed by atoms with Gasteiger partial charge in [-0.3, -0.25) is 4.79 Å². The van der Waals surface area contributed by atoms with Crippen molar-refractivity contribution in [3.8, 4) is 0 Å². The highest BCUT2D eigenvalue weighted by Crippen LogP contribution is 2.25. The van der Waals surface area contributed by atoms with Crippen LogP contribution in [0.2, 0.25) is 5.02 Å². The van der Waals surface area contributed by atoms with Crippen LogP contribution in [0, 0.1) is 0 Å². The number of benzene rings is 1. The summed E-state index contributed by atoms with van der Waals surface area (Å²) < 4.78 is 1.80. The Bertz CT molecular complexity index is 621. The number of rotatable bonds is 5. The van der Waals surface area contributed by atoms with E-state index in [9.17, 15) is 4.79 Å². The van der Waals surface area contributed by atoms with E-state index in [0.29, 0.717) is 17.3 Å². The van der Waals surface area contributed by atoms with Crippen LogP contribution in [0.15, 0.2) is 42.6 Å². The van der Waals surface area contributed by atoms with E-state index < -0.39 is 0 Å². The highest BCUT2D eigenvalue weighted by molar-refractivity contribution is 6.31. The number of hydrogen-bond donors (Lipinski definition) is 1. The fourth-order valence-corrected chi connectivity index (χ4v) is 2.55. The Morgan fingerprint density at radius 1 is 1.29 bits per heavy atom. The van der Waals surface area contributed by atoms with Crippen LogP contribution in [0.4, 0.5) is 0 Å². The van der Waals surface area contributed by atoms with E-state index in [1.807, 2.05) is 62.6 Å². The number of nitrogens with zero attached hydrogens (tertiary/aromatic N) is 2. The molecule has 21 heavy (non-hydrogen) atoms. The lowest BCUT2D eigenvalue weighted by atomic mass is 10.1. The monoisotopic (exact) mass is 305 g/mol. The van der Waals surface area contributed by atoms with Crippen molar-refractivity contribution in [3.63, 3.8) is 0 Å². The van der Waals surface area contributed by atoms with E-state index in [1.54, 1.807) is 10.6 Å². The van der Waals surface area contributed by atoms with Crippen LogP contribution in [0.3, 0.4) is 0 Å². The molecule has 1 heterocycles. The fraction of sp³-hybridized carbons (Fsp3) is 0.312. The predicted octanol–water partition coefficient (Wildman–Crippen LogP) is 2.71. The Hall–Kier alpha value is -1.78. The van der Waals surface area contributed by atoms with Crippen molar-refractivity contribution in [1.82, 2.24) is 14.8 Å². The molecule has 2 aromatic rings. The normalized spacial score (nSPS) is 12.4. The van der Waals surface area contributed by atoms with Crippen molar-refractivity contribution in [1.29, 1.82) is 0 Å². The van der Waals surface area contributed by atoms with Gasteiger partial charge in [-0.05, 0) is 37.9 Å². The molecule has 0 aliphatic heterocycles. The lowest BCUT2D eigenvalue weighted by Crippen LogP contribution is -2.35. The first-order valence-corrected chi connectivity index (χ1v) is 7.19. The predicted molar refractivity (Wildman–Crippen MR) is 85.6 cm³/mol. The third-order valence-corrected chi connectivity index (χ3v) is 3.86. The minimum absolute atomic E-state index is 0.0305. The van der Waals surface area contributed by atoms with Gasteiger partial charge in [0.15, 0.2) is 0 Å². The number of nitrogens with one attached hydrogen (secondary N) is 1. The second kappa shape index (κ2) is 6.78. The van der Waals surface area contributed by atoms with E-state index in [4.69, 9.17) is 11.6 Å². The van der Waals surface area contributed by atoms with E-state index >= 15 is 0 Å². The number of aromatic nitrogens is 1. The van der Waals surface area contributed by atoms with Gasteiger partial charge >= 0.3 is 0 Å². The molecule has 1 aromatic carbocycles. The molecule has 1 aromatic heterocycles. The molecule has 4 nitrogen and oxygen atoms in total. The van der Waals surface area contributed by atoms with E-state index in [1.165, 1.54) is 0 Å². The summed E-state index contributed by atoms with van der Waals surface area (Å²) >= 11 is 6.26. The molecule has 2 rings (SSSR count). The Morgan fingerprint density at radius 3 is 2.57 bits per heavy atom. The highest BCUT2D eigenvalue weighted by atomic mass is 35.5. The van der Waals surface area contributed by atoms with Crippen LogP contribution in [-0.2, 0) is 7.05 Å². The fourth-order valence-electron chi connectivity index (χ4n) is 2.29. The lowest BCUT2D eigenvalue weighted by molar-refractivity contribution is 0.0934. The van der Waals surface area contributed by atoms with Crippen LogP contribution in [0.5, 0.6) is 0 Å². The SMILES string of the molecule is CN(C)[C@@H](CNC(=O)c1cccn1C)c1ccccc1Cl. The summed E-state index contributed by atoms with van der Waals surface area (Å²) in [4.78, 5) is 14.2. The molecule has 112 valence electrons. The minimum atomic E-state index is -0.0820. The van der Waals surface area contributed by atoms with Gasteiger partial charge in [0.1, 0.15) is 5.69 Å². The summed E-state index contributed by atoms with van der Waals surface area (Å²) in [7, 11) is 5.80. The van der Waals surface area contributed by atoms with Gasteiger partial charge < -0.3 is 14.8 Å². The van der Waals surface area contributed by atoms with Gasteiger partial charge in [-0.2, -0.15) is 0 Å². The van der Waals surface area contributed by atoms with Crippen LogP contribution < -0.4 is 5.32 Å². The molecule has 1 amide bonds. The van der Waals surface area contributed by atoms with Crippen LogP contribution in [-0.4, -0.2) is 36.0 Å². The number of hydrogen-bond acceptors (Lipinski definition) is 2. The van der Waals surface area contributed by atoms with Crippen LogP contribution >= 0.6 is 11.6 Å². The zero-order valence-corrected chi connectivity index (χ0v) is 13.3. The summed E-state index contributed by atoms with van der Waals surface area (Å²) in [5.41, 5.74) is 1.66. The molecule has 0 aliphatic carbocycles. The van der Waals surface area contributed by atoms with Crippen molar-refractivity contribution in [2.75, 3.05) is 20.6 Å². The Labute approximate surface area is 130 Å². The van der Waals surface area contributed by atoms with Gasteiger partial charge in [-0.15, -0.1) is 0 Å². The molecule has 0 aliphatic rings. The quantitative estimate of drug-likeness (QED) is 0.922. The van der Waals surface area contributed by atoms with Crippen molar-refractivity contribution in [2.24, 2.45) is 7.05 Å². The second-order valence-electron chi connectivity index (χ2n) is 5.22. The minimum Gasteiger partial charge on any atom is -0.349 e. The van der Waals surface area contributed by atoms with Crippen LogP contribution in [0.25, 0.3) is 0 Å². The average Bonchev–Trinajstić information content (AvgIpc) is 2.86. The molecule has 0 saturated heterocycles. The average molecular weight is 306 g/mol. The van der Waals surface area contributed by atoms with Crippen molar-refractivity contribution in [3.05, 3.63) is 58.9 Å². The van der Waals surface area contributed by atoms with Gasteiger partial charge in [0.05, 0.1) is 6.04 Å². The molecule has 5 heteroatoms. The van der Waals surface area contributed by atoms with Gasteiger partial charge in [-0.1, -0.05) is 29.8 Å². The number of carbonyl (C=O) groups is 1. The second-order valence-corrected chi connectivity index (χ2v) is 5.62. The Balaban J connectivity index is 2.10. The Morgan fingerprint density at radius 2 is 2.00 bits per heavy atom. The van der Waals surface area contributed by atoms with Crippen LogP contribution in [0.1, 0.15) is 22.1 Å². The van der Waals surface area contributed by atoms with E-state index in [2.05, 4.69) is 5.32 Å². The summed E-state index contributed by atoms with van der Waals surface area (Å²) in [6, 6.07) is 11.4. The molecule has 1 atom stereocenters. The summed E-state index contributed by atoms with van der Waals surface area (Å²) in [5, 5.41) is 3.69. The van der Waals surface area contributed by atoms with E-state index in [0.717, 1.165) is 5.56 Å². The molecule has 1 N–H and O–H groups in total. The zero-order valence-electron chi connectivity index (χ0n) is 12.5. The summed E-state index contributed by atoms with van der Waals surface area (Å²) in [6.07, 6.45) is 1.85. The maximum Gasteiger partial charge on any atom is 0.267 e. The maximum atomic E-state index is 12.2. The smallest absolute Gasteiger partial charge is 0.267 e. The zero-order chi connectivity index (χ0) is 15.4. The summed E-state index contributed by atoms with van der Waals surface area (Å²) in [5.74, 6) is -0.0820. The first-order valence-electron chi connectivity index (χ1n) is 6.81. The van der Waals surface area contributed by atoms with Crippen molar-refractivity contribution in [2.45, 2.75) is 6.04 Å². The number of amides is 1. The Kier molecular flexibility index (Phi) is 5.04. The lowest BCUT2D eigenvalue weighted by Gasteiger charge is -2.26. The molecular weight excluding hydrogens is 286 g/mol. The first-order chi connectivity index (χ1) is 10.0. The number of likely N-dealkylation sites (N-methyl/N-ethyl adjacent to an activating group) is 1. The van der Waals surface area contributed by atoms with Gasteiger partial charge in [0, 0.05) is 24.8 Å². The van der Waals surface area contributed by atoms with Gasteiger partial charge in [0.25, 0.3) is 5.91 Å². The van der Waals surface area contributed by atoms with Gasteiger partial charge in [0.2, 0.25) is 0 Å². The van der Waals surface area contributed by atoms with Crippen molar-refractivity contribution < 1.29 is 4.79 Å². The van der Waals surface area contributed by atoms with E-state index in [-0.39, 0.29) is 11.9 Å². The molecule has 0 spiro atoms. The number of halogens is 1.